The number of hydrogen-bond acceptors (Lipinski definition) is 3. The SMILES string of the molecule is CC(C)c1cc(Nc2cccc(C(F)(F)F)c2F)ncc1CNCC1CCC1.Cl.Cl. The van der Waals surface area contributed by atoms with Crippen molar-refractivity contribution in [1.82, 2.24) is 10.3 Å². The first-order chi connectivity index (χ1) is 13.3. The third kappa shape index (κ3) is 6.46. The second-order valence-electron chi connectivity index (χ2n) is 7.64. The van der Waals surface area contributed by atoms with Gasteiger partial charge in [-0.25, -0.2) is 9.37 Å². The summed E-state index contributed by atoms with van der Waals surface area (Å²) in [5.41, 5.74) is 0.543. The molecule has 1 aliphatic rings. The Balaban J connectivity index is 0.00000225. The van der Waals surface area contributed by atoms with E-state index in [0.29, 0.717) is 12.4 Å². The molecule has 0 unspecified atom stereocenters. The summed E-state index contributed by atoms with van der Waals surface area (Å²) in [6.45, 7) is 5.75. The number of anilines is 2. The van der Waals surface area contributed by atoms with Gasteiger partial charge in [-0.2, -0.15) is 13.2 Å². The van der Waals surface area contributed by atoms with Gasteiger partial charge in [-0.15, -0.1) is 24.8 Å². The normalized spacial score (nSPS) is 14.0. The standard InChI is InChI=1S/C21H25F4N3.2ClH/c1-13(2)16-9-19(27-12-15(16)11-26-10-14-5-3-6-14)28-18-8-4-7-17(20(18)22)21(23,24)25;;/h4,7-9,12-14,26H,3,5-6,10-11H2,1-2H3,(H,27,28);2*1H. The molecule has 1 saturated carbocycles. The summed E-state index contributed by atoms with van der Waals surface area (Å²) in [5, 5.41) is 6.15. The molecule has 30 heavy (non-hydrogen) atoms. The molecule has 1 heterocycles. The number of nitrogens with one attached hydrogen (secondary N) is 2. The summed E-state index contributed by atoms with van der Waals surface area (Å²) in [5.74, 6) is -0.0468. The van der Waals surface area contributed by atoms with Crippen LogP contribution < -0.4 is 10.6 Å². The molecule has 2 aromatic rings. The maximum absolute atomic E-state index is 14.3. The molecular weight excluding hydrogens is 441 g/mol. The summed E-state index contributed by atoms with van der Waals surface area (Å²) in [6, 6.07) is 4.96. The highest BCUT2D eigenvalue weighted by atomic mass is 35.5. The van der Waals surface area contributed by atoms with Crippen molar-refractivity contribution in [3.8, 4) is 0 Å². The number of hydrogen-bond donors (Lipinski definition) is 2. The molecule has 0 amide bonds. The van der Waals surface area contributed by atoms with Gasteiger partial charge in [0.15, 0.2) is 5.82 Å². The molecule has 3 rings (SSSR count). The van der Waals surface area contributed by atoms with E-state index in [1.165, 1.54) is 31.4 Å². The van der Waals surface area contributed by atoms with Gasteiger partial charge >= 0.3 is 6.18 Å². The molecule has 1 aliphatic carbocycles. The van der Waals surface area contributed by atoms with Crippen LogP contribution in [0.2, 0.25) is 0 Å². The Bertz CT molecular complexity index is 824. The summed E-state index contributed by atoms with van der Waals surface area (Å²) in [6.07, 6.45) is 0.810. The molecule has 0 spiro atoms. The van der Waals surface area contributed by atoms with Crippen LogP contribution >= 0.6 is 24.8 Å². The number of nitrogens with zero attached hydrogens (tertiary/aromatic N) is 1. The predicted molar refractivity (Wildman–Crippen MR) is 117 cm³/mol. The molecule has 0 saturated heterocycles. The fourth-order valence-electron chi connectivity index (χ4n) is 3.35. The van der Waals surface area contributed by atoms with Crippen molar-refractivity contribution in [3.63, 3.8) is 0 Å². The van der Waals surface area contributed by atoms with Gasteiger partial charge in [0.05, 0.1) is 11.3 Å². The van der Waals surface area contributed by atoms with Gasteiger partial charge in [-0.1, -0.05) is 26.3 Å². The highest BCUT2D eigenvalue weighted by molar-refractivity contribution is 5.85. The van der Waals surface area contributed by atoms with Crippen molar-refractivity contribution in [1.29, 1.82) is 0 Å². The Kier molecular flexibility index (Phi) is 9.85. The molecular formula is C21H27Cl2F4N3. The lowest BCUT2D eigenvalue weighted by Gasteiger charge is -2.26. The maximum atomic E-state index is 14.3. The summed E-state index contributed by atoms with van der Waals surface area (Å²) >= 11 is 0. The van der Waals surface area contributed by atoms with Crippen molar-refractivity contribution in [3.05, 3.63) is 53.0 Å². The summed E-state index contributed by atoms with van der Waals surface area (Å²) in [7, 11) is 0. The zero-order chi connectivity index (χ0) is 20.3. The number of alkyl halides is 3. The zero-order valence-electron chi connectivity index (χ0n) is 16.9. The smallest absolute Gasteiger partial charge is 0.338 e. The van der Waals surface area contributed by atoms with E-state index in [1.807, 2.05) is 13.8 Å². The summed E-state index contributed by atoms with van der Waals surface area (Å²) < 4.78 is 53.0. The van der Waals surface area contributed by atoms with Crippen LogP contribution in [0.1, 0.15) is 55.7 Å². The third-order valence-electron chi connectivity index (χ3n) is 5.18. The lowest BCUT2D eigenvalue weighted by molar-refractivity contribution is -0.139. The van der Waals surface area contributed by atoms with E-state index in [-0.39, 0.29) is 36.4 Å². The van der Waals surface area contributed by atoms with Gasteiger partial charge in [0.1, 0.15) is 5.82 Å². The maximum Gasteiger partial charge on any atom is 0.419 e. The largest absolute Gasteiger partial charge is 0.419 e. The van der Waals surface area contributed by atoms with Gasteiger partial charge in [0.2, 0.25) is 0 Å². The first-order valence-corrected chi connectivity index (χ1v) is 9.58. The molecule has 0 aliphatic heterocycles. The van der Waals surface area contributed by atoms with Gasteiger partial charge in [-0.05, 0) is 60.5 Å². The van der Waals surface area contributed by atoms with E-state index < -0.39 is 17.6 Å². The fraction of sp³-hybridized carbons (Fsp3) is 0.476. The van der Waals surface area contributed by atoms with Crippen LogP contribution in [0.15, 0.2) is 30.5 Å². The molecule has 0 radical (unpaired) electrons. The minimum absolute atomic E-state index is 0. The van der Waals surface area contributed by atoms with Crippen LogP contribution in [0, 0.1) is 11.7 Å². The van der Waals surface area contributed by atoms with Crippen LogP contribution in [0.25, 0.3) is 0 Å². The monoisotopic (exact) mass is 467 g/mol. The Morgan fingerprint density at radius 2 is 1.87 bits per heavy atom. The molecule has 2 N–H and O–H groups in total. The minimum Gasteiger partial charge on any atom is -0.338 e. The second-order valence-corrected chi connectivity index (χ2v) is 7.64. The van der Waals surface area contributed by atoms with Crippen molar-refractivity contribution >= 4 is 36.3 Å². The third-order valence-corrected chi connectivity index (χ3v) is 5.18. The van der Waals surface area contributed by atoms with Crippen molar-refractivity contribution in [2.24, 2.45) is 5.92 Å². The summed E-state index contributed by atoms with van der Waals surface area (Å²) in [4.78, 5) is 4.28. The van der Waals surface area contributed by atoms with Crippen LogP contribution in [0.3, 0.4) is 0 Å². The molecule has 1 fully saturated rings. The Morgan fingerprint density at radius 1 is 1.17 bits per heavy atom. The van der Waals surface area contributed by atoms with Gasteiger partial charge in [0, 0.05) is 12.7 Å². The Labute approximate surface area is 186 Å². The van der Waals surface area contributed by atoms with Crippen LogP contribution in [-0.2, 0) is 12.7 Å². The average Bonchev–Trinajstić information content (AvgIpc) is 2.58. The Hall–Kier alpha value is -1.57. The molecule has 0 bridgehead atoms. The number of halogens is 6. The van der Waals surface area contributed by atoms with Gasteiger partial charge in [-0.3, -0.25) is 0 Å². The number of benzene rings is 1. The minimum atomic E-state index is -4.74. The molecule has 0 atom stereocenters. The molecule has 168 valence electrons. The highest BCUT2D eigenvalue weighted by Gasteiger charge is 2.35. The fourth-order valence-corrected chi connectivity index (χ4v) is 3.35. The molecule has 1 aromatic heterocycles. The van der Waals surface area contributed by atoms with Crippen molar-refractivity contribution in [2.75, 3.05) is 11.9 Å². The first-order valence-electron chi connectivity index (χ1n) is 9.58. The quantitative estimate of drug-likeness (QED) is 0.437. The lowest BCUT2D eigenvalue weighted by atomic mass is 9.85. The van der Waals surface area contributed by atoms with Gasteiger partial charge in [0.25, 0.3) is 0 Å². The van der Waals surface area contributed by atoms with Crippen LogP contribution in [-0.4, -0.2) is 11.5 Å². The van der Waals surface area contributed by atoms with E-state index >= 15 is 0 Å². The Morgan fingerprint density at radius 3 is 2.43 bits per heavy atom. The van der Waals surface area contributed by atoms with E-state index in [1.54, 1.807) is 12.3 Å². The highest BCUT2D eigenvalue weighted by Crippen LogP contribution is 2.35. The number of aromatic nitrogens is 1. The van der Waals surface area contributed by atoms with Crippen molar-refractivity contribution < 1.29 is 17.6 Å². The lowest BCUT2D eigenvalue weighted by Crippen LogP contribution is -2.27. The number of rotatable bonds is 7. The molecule has 3 nitrogen and oxygen atoms in total. The van der Waals surface area contributed by atoms with Crippen molar-refractivity contribution in [2.45, 2.75) is 51.7 Å². The number of pyridine rings is 1. The van der Waals surface area contributed by atoms with Crippen LogP contribution in [0.4, 0.5) is 29.1 Å². The van der Waals surface area contributed by atoms with Crippen LogP contribution in [0.5, 0.6) is 0 Å². The van der Waals surface area contributed by atoms with E-state index in [2.05, 4.69) is 15.6 Å². The first kappa shape index (κ1) is 26.5. The predicted octanol–water partition coefficient (Wildman–Crippen LogP) is 6.84. The molecule has 9 heteroatoms. The van der Waals surface area contributed by atoms with E-state index in [4.69, 9.17) is 0 Å². The zero-order valence-corrected chi connectivity index (χ0v) is 18.5. The van der Waals surface area contributed by atoms with E-state index in [0.717, 1.165) is 29.7 Å². The molecule has 1 aromatic carbocycles. The van der Waals surface area contributed by atoms with Gasteiger partial charge < -0.3 is 10.6 Å². The topological polar surface area (TPSA) is 37.0 Å². The second kappa shape index (κ2) is 11.2. The average molecular weight is 468 g/mol. The van der Waals surface area contributed by atoms with E-state index in [9.17, 15) is 17.6 Å².